The molecular formula is C21H21FN4O. The Balaban J connectivity index is 1.55. The summed E-state index contributed by atoms with van der Waals surface area (Å²) in [7, 11) is 0. The van der Waals surface area contributed by atoms with Gasteiger partial charge in [-0.05, 0) is 36.1 Å². The third-order valence-electron chi connectivity index (χ3n) is 4.26. The molecule has 1 amide bonds. The van der Waals surface area contributed by atoms with E-state index in [2.05, 4.69) is 20.6 Å². The van der Waals surface area contributed by atoms with E-state index >= 15 is 0 Å². The van der Waals surface area contributed by atoms with E-state index in [4.69, 9.17) is 0 Å². The maximum Gasteiger partial charge on any atom is 0.270 e. The van der Waals surface area contributed by atoms with Gasteiger partial charge in [-0.25, -0.2) is 14.4 Å². The van der Waals surface area contributed by atoms with Gasteiger partial charge in [0.05, 0.1) is 0 Å². The number of benzene rings is 2. The van der Waals surface area contributed by atoms with Gasteiger partial charge in [-0.2, -0.15) is 0 Å². The molecule has 0 unspecified atom stereocenters. The van der Waals surface area contributed by atoms with Crippen LogP contribution in [0.25, 0.3) is 0 Å². The Morgan fingerprint density at radius 2 is 1.78 bits per heavy atom. The van der Waals surface area contributed by atoms with Crippen LogP contribution in [-0.2, 0) is 13.0 Å². The Hall–Kier alpha value is -3.28. The first-order valence-electron chi connectivity index (χ1n) is 8.75. The van der Waals surface area contributed by atoms with E-state index in [1.807, 2.05) is 31.2 Å². The quantitative estimate of drug-likeness (QED) is 0.673. The fourth-order valence-corrected chi connectivity index (χ4v) is 2.67. The summed E-state index contributed by atoms with van der Waals surface area (Å²) in [6.07, 6.45) is 1.77. The van der Waals surface area contributed by atoms with Gasteiger partial charge in [-0.3, -0.25) is 4.79 Å². The van der Waals surface area contributed by atoms with Gasteiger partial charge in [0.2, 0.25) is 0 Å². The van der Waals surface area contributed by atoms with E-state index in [1.165, 1.54) is 18.0 Å². The fraction of sp³-hybridized carbons (Fsp3) is 0.190. The number of anilines is 1. The molecule has 3 aromatic rings. The number of nitrogens with one attached hydrogen (secondary N) is 2. The van der Waals surface area contributed by atoms with Crippen LogP contribution >= 0.6 is 0 Å². The average Bonchev–Trinajstić information content (AvgIpc) is 2.69. The number of halogens is 1. The molecule has 5 nitrogen and oxygen atoms in total. The predicted molar refractivity (Wildman–Crippen MR) is 103 cm³/mol. The highest BCUT2D eigenvalue weighted by Crippen LogP contribution is 2.11. The molecule has 6 heteroatoms. The molecule has 0 aliphatic heterocycles. The van der Waals surface area contributed by atoms with Crippen molar-refractivity contribution < 1.29 is 9.18 Å². The van der Waals surface area contributed by atoms with E-state index in [0.717, 1.165) is 5.56 Å². The predicted octanol–water partition coefficient (Wildman–Crippen LogP) is 3.51. The highest BCUT2D eigenvalue weighted by atomic mass is 19.1. The van der Waals surface area contributed by atoms with Crippen LogP contribution in [0.2, 0.25) is 0 Å². The average molecular weight is 364 g/mol. The summed E-state index contributed by atoms with van der Waals surface area (Å²) in [5.41, 5.74) is 3.18. The standard InChI is InChI=1S/C21H21FN4O/c1-15-6-2-3-8-17(15)13-24-20-12-19(25-14-26-20)21(27)23-11-10-16-7-4-5-9-18(16)22/h2-9,12,14H,10-11,13H2,1H3,(H,23,27)(H,24,25,26). The molecule has 0 atom stereocenters. The molecular weight excluding hydrogens is 343 g/mol. The molecule has 3 rings (SSSR count). The molecule has 2 N–H and O–H groups in total. The molecule has 0 fully saturated rings. The largest absolute Gasteiger partial charge is 0.366 e. The summed E-state index contributed by atoms with van der Waals surface area (Å²) in [5.74, 6) is -0.00309. The van der Waals surface area contributed by atoms with Gasteiger partial charge >= 0.3 is 0 Å². The molecule has 0 spiro atoms. The van der Waals surface area contributed by atoms with Crippen molar-refractivity contribution in [2.24, 2.45) is 0 Å². The molecule has 0 aliphatic rings. The summed E-state index contributed by atoms with van der Waals surface area (Å²) >= 11 is 0. The van der Waals surface area contributed by atoms with Gasteiger partial charge in [0.15, 0.2) is 0 Å². The van der Waals surface area contributed by atoms with Crippen molar-refractivity contribution in [2.75, 3.05) is 11.9 Å². The molecule has 1 heterocycles. The van der Waals surface area contributed by atoms with Crippen LogP contribution in [0.5, 0.6) is 0 Å². The number of rotatable bonds is 7. The van der Waals surface area contributed by atoms with Crippen molar-refractivity contribution in [3.8, 4) is 0 Å². The van der Waals surface area contributed by atoms with Gasteiger partial charge in [-0.15, -0.1) is 0 Å². The SMILES string of the molecule is Cc1ccccc1CNc1cc(C(=O)NCCc2ccccc2F)ncn1. The highest BCUT2D eigenvalue weighted by molar-refractivity contribution is 5.92. The summed E-state index contributed by atoms with van der Waals surface area (Å²) in [5, 5.41) is 5.97. The van der Waals surface area contributed by atoms with Crippen molar-refractivity contribution in [1.29, 1.82) is 0 Å². The Labute approximate surface area is 157 Å². The zero-order valence-corrected chi connectivity index (χ0v) is 15.1. The first-order chi connectivity index (χ1) is 13.1. The summed E-state index contributed by atoms with van der Waals surface area (Å²) in [4.78, 5) is 20.4. The van der Waals surface area contributed by atoms with E-state index < -0.39 is 0 Å². The van der Waals surface area contributed by atoms with Gasteiger partial charge in [0.25, 0.3) is 5.91 Å². The zero-order valence-electron chi connectivity index (χ0n) is 15.1. The minimum atomic E-state index is -0.312. The van der Waals surface area contributed by atoms with Gasteiger partial charge < -0.3 is 10.6 Å². The smallest absolute Gasteiger partial charge is 0.270 e. The number of aryl methyl sites for hydroxylation is 1. The normalized spacial score (nSPS) is 10.4. The lowest BCUT2D eigenvalue weighted by atomic mass is 10.1. The van der Waals surface area contributed by atoms with Crippen LogP contribution < -0.4 is 10.6 Å². The van der Waals surface area contributed by atoms with Crippen molar-refractivity contribution >= 4 is 11.7 Å². The molecule has 0 radical (unpaired) electrons. The van der Waals surface area contributed by atoms with Crippen molar-refractivity contribution in [3.05, 3.63) is 89.1 Å². The zero-order chi connectivity index (χ0) is 19.1. The van der Waals surface area contributed by atoms with Gasteiger partial charge in [0, 0.05) is 19.2 Å². The molecule has 2 aromatic carbocycles. The lowest BCUT2D eigenvalue weighted by Crippen LogP contribution is -2.27. The minimum Gasteiger partial charge on any atom is -0.366 e. The molecule has 27 heavy (non-hydrogen) atoms. The molecule has 0 bridgehead atoms. The van der Waals surface area contributed by atoms with Gasteiger partial charge in [0.1, 0.15) is 23.7 Å². The Morgan fingerprint density at radius 1 is 1.04 bits per heavy atom. The van der Waals surface area contributed by atoms with Crippen LogP contribution in [0, 0.1) is 12.7 Å². The Morgan fingerprint density at radius 3 is 2.56 bits per heavy atom. The van der Waals surface area contributed by atoms with Gasteiger partial charge in [-0.1, -0.05) is 42.5 Å². The second-order valence-electron chi connectivity index (χ2n) is 6.17. The Kier molecular flexibility index (Phi) is 6.10. The van der Waals surface area contributed by atoms with Crippen LogP contribution in [-0.4, -0.2) is 22.4 Å². The number of hydrogen-bond acceptors (Lipinski definition) is 4. The van der Waals surface area contributed by atoms with Crippen LogP contribution in [0.1, 0.15) is 27.2 Å². The van der Waals surface area contributed by atoms with Crippen molar-refractivity contribution in [1.82, 2.24) is 15.3 Å². The van der Waals surface area contributed by atoms with Crippen molar-refractivity contribution in [2.45, 2.75) is 19.9 Å². The summed E-state index contributed by atoms with van der Waals surface area (Å²) in [6, 6.07) is 16.2. The first kappa shape index (κ1) is 18.5. The monoisotopic (exact) mass is 364 g/mol. The summed E-state index contributed by atoms with van der Waals surface area (Å²) < 4.78 is 13.6. The van der Waals surface area contributed by atoms with Crippen LogP contribution in [0.15, 0.2) is 60.9 Å². The van der Waals surface area contributed by atoms with Crippen LogP contribution in [0.3, 0.4) is 0 Å². The molecule has 0 aliphatic carbocycles. The number of nitrogens with zero attached hydrogens (tertiary/aromatic N) is 2. The molecule has 0 saturated heterocycles. The third-order valence-corrected chi connectivity index (χ3v) is 4.26. The topological polar surface area (TPSA) is 66.9 Å². The maximum atomic E-state index is 13.6. The lowest BCUT2D eigenvalue weighted by Gasteiger charge is -2.09. The van der Waals surface area contributed by atoms with Crippen LogP contribution in [0.4, 0.5) is 10.2 Å². The van der Waals surface area contributed by atoms with E-state index in [1.54, 1.807) is 24.3 Å². The maximum absolute atomic E-state index is 13.6. The van der Waals surface area contributed by atoms with Crippen molar-refractivity contribution in [3.63, 3.8) is 0 Å². The second kappa shape index (κ2) is 8.89. The summed E-state index contributed by atoms with van der Waals surface area (Å²) in [6.45, 7) is 2.99. The first-order valence-corrected chi connectivity index (χ1v) is 8.75. The number of carbonyl (C=O) groups is 1. The van der Waals surface area contributed by atoms with E-state index in [-0.39, 0.29) is 17.4 Å². The highest BCUT2D eigenvalue weighted by Gasteiger charge is 2.09. The lowest BCUT2D eigenvalue weighted by molar-refractivity contribution is 0.0949. The number of aromatic nitrogens is 2. The second-order valence-corrected chi connectivity index (χ2v) is 6.17. The minimum absolute atomic E-state index is 0.267. The number of carbonyl (C=O) groups excluding carboxylic acids is 1. The molecule has 0 saturated carbocycles. The number of hydrogen-bond donors (Lipinski definition) is 2. The Bertz CT molecular complexity index is 929. The number of amides is 1. The molecule has 1 aromatic heterocycles. The fourth-order valence-electron chi connectivity index (χ4n) is 2.67. The third kappa shape index (κ3) is 5.10. The molecule has 138 valence electrons. The van der Waals surface area contributed by atoms with E-state index in [0.29, 0.717) is 30.9 Å². The van der Waals surface area contributed by atoms with E-state index in [9.17, 15) is 9.18 Å².